The fraction of sp³-hybridized carbons (Fsp3) is 0.391. The van der Waals surface area contributed by atoms with Crippen molar-refractivity contribution in [3.8, 4) is 11.5 Å². The average molecular weight is 412 g/mol. The number of piperazine rings is 1. The molecule has 1 aliphatic heterocycles. The molecule has 2 aromatic carbocycles. The van der Waals surface area contributed by atoms with Gasteiger partial charge in [0.1, 0.15) is 11.5 Å². The Balaban J connectivity index is 1.70. The van der Waals surface area contributed by atoms with E-state index in [1.54, 1.807) is 26.2 Å². The van der Waals surface area contributed by atoms with E-state index in [0.29, 0.717) is 37.7 Å². The van der Waals surface area contributed by atoms with Crippen molar-refractivity contribution in [1.29, 1.82) is 0 Å². The third kappa shape index (κ3) is 5.51. The van der Waals surface area contributed by atoms with E-state index in [9.17, 15) is 9.59 Å². The van der Waals surface area contributed by atoms with Crippen LogP contribution in [0.1, 0.15) is 17.5 Å². The first-order chi connectivity index (χ1) is 14.5. The van der Waals surface area contributed by atoms with Crippen molar-refractivity contribution in [2.75, 3.05) is 34.4 Å². The molecule has 30 heavy (non-hydrogen) atoms. The summed E-state index contributed by atoms with van der Waals surface area (Å²) in [5, 5.41) is 2.89. The zero-order valence-electron chi connectivity index (χ0n) is 17.8. The highest BCUT2D eigenvalue weighted by Crippen LogP contribution is 2.25. The lowest BCUT2D eigenvalue weighted by Crippen LogP contribution is -2.56. The molecule has 0 radical (unpaired) electrons. The molecular weight excluding hydrogens is 382 g/mol. The first kappa shape index (κ1) is 21.6. The third-order valence-corrected chi connectivity index (χ3v) is 5.29. The van der Waals surface area contributed by atoms with Crippen LogP contribution in [0.2, 0.25) is 0 Å². The van der Waals surface area contributed by atoms with Crippen LogP contribution < -0.4 is 14.8 Å². The van der Waals surface area contributed by atoms with Gasteiger partial charge in [-0.15, -0.1) is 0 Å². The Morgan fingerprint density at radius 2 is 1.77 bits per heavy atom. The molecule has 0 aliphatic carbocycles. The Kier molecular flexibility index (Phi) is 7.30. The van der Waals surface area contributed by atoms with Crippen LogP contribution in [0.25, 0.3) is 0 Å². The van der Waals surface area contributed by atoms with Crippen LogP contribution in [0, 0.1) is 0 Å². The van der Waals surface area contributed by atoms with E-state index in [4.69, 9.17) is 9.47 Å². The first-order valence-corrected chi connectivity index (χ1v) is 10.0. The van der Waals surface area contributed by atoms with E-state index in [-0.39, 0.29) is 18.2 Å². The Morgan fingerprint density at radius 1 is 1.10 bits per heavy atom. The van der Waals surface area contributed by atoms with Gasteiger partial charge < -0.3 is 19.7 Å². The van der Waals surface area contributed by atoms with Crippen molar-refractivity contribution < 1.29 is 19.1 Å². The van der Waals surface area contributed by atoms with Gasteiger partial charge in [0.25, 0.3) is 0 Å². The summed E-state index contributed by atoms with van der Waals surface area (Å²) < 4.78 is 10.7. The third-order valence-electron chi connectivity index (χ3n) is 5.29. The van der Waals surface area contributed by atoms with Gasteiger partial charge in [0.05, 0.1) is 26.7 Å². The molecule has 2 amide bonds. The van der Waals surface area contributed by atoms with Crippen LogP contribution >= 0.6 is 0 Å². The predicted octanol–water partition coefficient (Wildman–Crippen LogP) is 2.05. The average Bonchev–Trinajstić information content (AvgIpc) is 2.76. The number of hydrogen-bond acceptors (Lipinski definition) is 5. The minimum absolute atomic E-state index is 0.0610. The van der Waals surface area contributed by atoms with Gasteiger partial charge in [0, 0.05) is 39.3 Å². The molecule has 160 valence electrons. The maximum absolute atomic E-state index is 12.8. The van der Waals surface area contributed by atoms with Crippen molar-refractivity contribution in [3.05, 3.63) is 59.7 Å². The summed E-state index contributed by atoms with van der Waals surface area (Å²) in [4.78, 5) is 29.1. The van der Waals surface area contributed by atoms with Crippen LogP contribution in [0.4, 0.5) is 0 Å². The highest BCUT2D eigenvalue weighted by atomic mass is 16.5. The maximum Gasteiger partial charge on any atom is 0.237 e. The van der Waals surface area contributed by atoms with Gasteiger partial charge >= 0.3 is 0 Å². The molecule has 7 heteroatoms. The number of hydrogen-bond donors (Lipinski definition) is 1. The zero-order valence-corrected chi connectivity index (χ0v) is 17.8. The monoisotopic (exact) mass is 411 g/mol. The second kappa shape index (κ2) is 10.1. The van der Waals surface area contributed by atoms with E-state index >= 15 is 0 Å². The number of methoxy groups -OCH3 is 2. The number of ether oxygens (including phenoxy) is 2. The normalized spacial score (nSPS) is 16.6. The van der Waals surface area contributed by atoms with Crippen molar-refractivity contribution >= 4 is 11.8 Å². The van der Waals surface area contributed by atoms with Crippen molar-refractivity contribution in [2.24, 2.45) is 0 Å². The lowest BCUT2D eigenvalue weighted by atomic mass is 10.1. The van der Waals surface area contributed by atoms with Crippen LogP contribution in [0.3, 0.4) is 0 Å². The quantitative estimate of drug-likeness (QED) is 0.720. The minimum atomic E-state index is -0.512. The lowest BCUT2D eigenvalue weighted by Gasteiger charge is -2.35. The largest absolute Gasteiger partial charge is 0.497 e. The van der Waals surface area contributed by atoms with E-state index < -0.39 is 6.04 Å². The second-order valence-corrected chi connectivity index (χ2v) is 7.44. The second-order valence-electron chi connectivity index (χ2n) is 7.44. The summed E-state index contributed by atoms with van der Waals surface area (Å²) >= 11 is 0. The number of amides is 2. The molecule has 0 aromatic heterocycles. The van der Waals surface area contributed by atoms with Gasteiger partial charge in [-0.25, -0.2) is 0 Å². The molecule has 7 nitrogen and oxygen atoms in total. The van der Waals surface area contributed by atoms with Gasteiger partial charge in [0.2, 0.25) is 11.8 Å². The molecule has 1 N–H and O–H groups in total. The molecule has 3 rings (SSSR count). The fourth-order valence-electron chi connectivity index (χ4n) is 3.63. The molecule has 2 aromatic rings. The molecule has 1 heterocycles. The van der Waals surface area contributed by atoms with Crippen LogP contribution in [-0.2, 0) is 22.7 Å². The van der Waals surface area contributed by atoms with Crippen molar-refractivity contribution in [1.82, 2.24) is 15.1 Å². The molecule has 0 spiro atoms. The Bertz CT molecular complexity index is 850. The van der Waals surface area contributed by atoms with Gasteiger partial charge in [0.15, 0.2) is 0 Å². The van der Waals surface area contributed by atoms with Gasteiger partial charge in [-0.05, 0) is 23.3 Å². The number of benzene rings is 2. The van der Waals surface area contributed by atoms with E-state index in [1.807, 2.05) is 53.4 Å². The number of rotatable bonds is 8. The summed E-state index contributed by atoms with van der Waals surface area (Å²) in [6, 6.07) is 15.0. The SMILES string of the molecule is COc1cc(CN2CCNC(=O)C2CC(=O)N(C)Cc2ccccc2)cc(OC)c1. The first-order valence-electron chi connectivity index (χ1n) is 10.0. The van der Waals surface area contributed by atoms with Crippen molar-refractivity contribution in [2.45, 2.75) is 25.6 Å². The molecule has 1 unspecified atom stereocenters. The molecule has 1 aliphatic rings. The highest BCUT2D eigenvalue weighted by molar-refractivity contribution is 5.88. The highest BCUT2D eigenvalue weighted by Gasteiger charge is 2.32. The number of carbonyl (C=O) groups excluding carboxylic acids is 2. The Hall–Kier alpha value is -3.06. The summed E-state index contributed by atoms with van der Waals surface area (Å²) in [5.74, 6) is 1.22. The topological polar surface area (TPSA) is 71.1 Å². The fourth-order valence-corrected chi connectivity index (χ4v) is 3.63. The molecule has 1 fully saturated rings. The van der Waals surface area contributed by atoms with Gasteiger partial charge in [-0.1, -0.05) is 30.3 Å². The van der Waals surface area contributed by atoms with Crippen LogP contribution in [0.15, 0.2) is 48.5 Å². The standard InChI is InChI=1S/C23H29N3O4/c1-25(15-17-7-5-4-6-8-17)22(27)14-21-23(28)24-9-10-26(21)16-18-11-19(29-2)13-20(12-18)30-3/h4-8,11-13,21H,9-10,14-16H2,1-3H3,(H,24,28). The minimum Gasteiger partial charge on any atom is -0.497 e. The Morgan fingerprint density at radius 3 is 2.40 bits per heavy atom. The zero-order chi connectivity index (χ0) is 21.5. The summed E-state index contributed by atoms with van der Waals surface area (Å²) in [6.45, 7) is 2.28. The molecule has 0 saturated carbocycles. The molecule has 0 bridgehead atoms. The summed E-state index contributed by atoms with van der Waals surface area (Å²) in [5.41, 5.74) is 2.03. The van der Waals surface area contributed by atoms with E-state index in [1.165, 1.54) is 0 Å². The van der Waals surface area contributed by atoms with E-state index in [2.05, 4.69) is 5.32 Å². The van der Waals surface area contributed by atoms with Crippen LogP contribution in [-0.4, -0.2) is 62.0 Å². The van der Waals surface area contributed by atoms with E-state index in [0.717, 1.165) is 11.1 Å². The van der Waals surface area contributed by atoms with Gasteiger partial charge in [-0.3, -0.25) is 14.5 Å². The number of carbonyl (C=O) groups is 2. The van der Waals surface area contributed by atoms with Gasteiger partial charge in [-0.2, -0.15) is 0 Å². The number of nitrogens with zero attached hydrogens (tertiary/aromatic N) is 2. The molecule has 1 saturated heterocycles. The smallest absolute Gasteiger partial charge is 0.237 e. The Labute approximate surface area is 177 Å². The predicted molar refractivity (Wildman–Crippen MR) is 114 cm³/mol. The molecular formula is C23H29N3O4. The maximum atomic E-state index is 12.8. The van der Waals surface area contributed by atoms with Crippen molar-refractivity contribution in [3.63, 3.8) is 0 Å². The lowest BCUT2D eigenvalue weighted by molar-refractivity contribution is -0.138. The molecule has 1 atom stereocenters. The van der Waals surface area contributed by atoms with Crippen LogP contribution in [0.5, 0.6) is 11.5 Å². The summed E-state index contributed by atoms with van der Waals surface area (Å²) in [6.07, 6.45) is 0.135. The number of nitrogens with one attached hydrogen (secondary N) is 1. The summed E-state index contributed by atoms with van der Waals surface area (Å²) in [7, 11) is 4.99.